The zero-order valence-corrected chi connectivity index (χ0v) is 15.7. The summed E-state index contributed by atoms with van der Waals surface area (Å²) in [6.45, 7) is 6.39. The van der Waals surface area contributed by atoms with Gasteiger partial charge < -0.3 is 25.0 Å². The minimum Gasteiger partial charge on any atom is -0.465 e. The number of nitrogens with one attached hydrogen (secondary N) is 1. The van der Waals surface area contributed by atoms with Crippen molar-refractivity contribution in [2.45, 2.75) is 38.8 Å². The molecule has 2 amide bonds. The first kappa shape index (κ1) is 18.0. The normalized spacial score (nSPS) is 27.9. The largest absolute Gasteiger partial charge is 0.465 e. The predicted molar refractivity (Wildman–Crippen MR) is 100 cm³/mol. The van der Waals surface area contributed by atoms with Crippen LogP contribution in [0.4, 0.5) is 16.3 Å². The predicted octanol–water partition coefficient (Wildman–Crippen LogP) is 2.01. The lowest BCUT2D eigenvalue weighted by Gasteiger charge is -2.45. The van der Waals surface area contributed by atoms with Gasteiger partial charge in [-0.2, -0.15) is 0 Å². The van der Waals surface area contributed by atoms with Crippen LogP contribution in [-0.4, -0.2) is 54.4 Å². The van der Waals surface area contributed by atoms with Gasteiger partial charge in [-0.25, -0.2) is 9.78 Å². The van der Waals surface area contributed by atoms with Crippen molar-refractivity contribution in [3.05, 3.63) is 17.8 Å². The van der Waals surface area contributed by atoms with Crippen molar-refractivity contribution in [2.24, 2.45) is 11.8 Å². The van der Waals surface area contributed by atoms with Gasteiger partial charge in [0.1, 0.15) is 5.82 Å². The average Bonchev–Trinajstić information content (AvgIpc) is 3.48. The lowest BCUT2D eigenvalue weighted by molar-refractivity contribution is -0.117. The topological polar surface area (TPSA) is 95.0 Å². The van der Waals surface area contributed by atoms with Gasteiger partial charge in [0.05, 0.1) is 30.6 Å². The number of nitrogens with zero attached hydrogens (tertiary/aromatic N) is 3. The zero-order chi connectivity index (χ0) is 19.1. The van der Waals surface area contributed by atoms with E-state index < -0.39 is 12.1 Å². The number of rotatable bonds is 3. The second kappa shape index (κ2) is 6.99. The molecule has 146 valence electrons. The number of carbonyl (C=O) groups excluding carboxylic acids is 1. The average molecular weight is 374 g/mol. The summed E-state index contributed by atoms with van der Waals surface area (Å²) >= 11 is 0. The fourth-order valence-corrected chi connectivity index (χ4v) is 4.49. The minimum atomic E-state index is -1.07. The van der Waals surface area contributed by atoms with Crippen LogP contribution in [0.3, 0.4) is 0 Å². The van der Waals surface area contributed by atoms with E-state index in [0.717, 1.165) is 37.4 Å². The lowest BCUT2D eigenvalue weighted by Crippen LogP contribution is -2.53. The molecule has 0 radical (unpaired) electrons. The highest BCUT2D eigenvalue weighted by atomic mass is 16.5. The first-order valence-corrected chi connectivity index (χ1v) is 9.60. The Hall–Kier alpha value is -2.35. The lowest BCUT2D eigenvalue weighted by atomic mass is 9.82. The Kier molecular flexibility index (Phi) is 4.67. The molecule has 8 nitrogen and oxygen atoms in total. The van der Waals surface area contributed by atoms with E-state index in [1.807, 2.05) is 24.0 Å². The van der Waals surface area contributed by atoms with E-state index in [1.165, 1.54) is 0 Å². The second-order valence-corrected chi connectivity index (χ2v) is 7.68. The van der Waals surface area contributed by atoms with Crippen molar-refractivity contribution in [3.8, 4) is 0 Å². The smallest absolute Gasteiger partial charge is 0.405 e. The number of hydrogen-bond donors (Lipinski definition) is 2. The number of morpholine rings is 1. The highest BCUT2D eigenvalue weighted by Gasteiger charge is 2.48. The van der Waals surface area contributed by atoms with Gasteiger partial charge in [-0.15, -0.1) is 0 Å². The van der Waals surface area contributed by atoms with Crippen molar-refractivity contribution in [1.29, 1.82) is 0 Å². The summed E-state index contributed by atoms with van der Waals surface area (Å²) in [5, 5.41) is 12.1. The number of fused-ring (bicyclic) bond motifs is 1. The van der Waals surface area contributed by atoms with E-state index in [0.29, 0.717) is 24.8 Å². The van der Waals surface area contributed by atoms with Crippen molar-refractivity contribution >= 4 is 23.5 Å². The number of carboxylic acid groups (broad SMARTS) is 1. The van der Waals surface area contributed by atoms with Gasteiger partial charge in [-0.1, -0.05) is 6.92 Å². The van der Waals surface area contributed by atoms with Gasteiger partial charge >= 0.3 is 6.09 Å². The molecule has 1 aromatic heterocycles. The fraction of sp³-hybridized carbons (Fsp3) is 0.632. The Bertz CT molecular complexity index is 745. The Balaban J connectivity index is 1.78. The highest BCUT2D eigenvalue weighted by molar-refractivity contribution is 5.94. The van der Waals surface area contributed by atoms with E-state index in [-0.39, 0.29) is 17.9 Å². The number of carbonyl (C=O) groups is 2. The van der Waals surface area contributed by atoms with Crippen LogP contribution in [0, 0.1) is 11.8 Å². The maximum Gasteiger partial charge on any atom is 0.405 e. The van der Waals surface area contributed by atoms with Crippen molar-refractivity contribution in [3.63, 3.8) is 0 Å². The summed E-state index contributed by atoms with van der Waals surface area (Å²) in [5.74, 6) is 1.16. The monoisotopic (exact) mass is 374 g/mol. The van der Waals surface area contributed by atoms with E-state index in [9.17, 15) is 14.7 Å². The molecule has 3 heterocycles. The summed E-state index contributed by atoms with van der Waals surface area (Å²) in [5.41, 5.74) is 1.37. The Morgan fingerprint density at radius 1 is 1.26 bits per heavy atom. The van der Waals surface area contributed by atoms with Gasteiger partial charge in [-0.3, -0.25) is 4.79 Å². The summed E-state index contributed by atoms with van der Waals surface area (Å²) in [6.07, 6.45) is 1.09. The number of anilines is 2. The molecule has 2 N–H and O–H groups in total. The summed E-state index contributed by atoms with van der Waals surface area (Å²) in [7, 11) is 0. The molecule has 1 aromatic rings. The molecule has 1 aliphatic carbocycles. The molecular formula is C19H26N4O4. The molecule has 1 saturated heterocycles. The molecule has 3 atom stereocenters. The maximum atomic E-state index is 12.5. The third kappa shape index (κ3) is 3.34. The summed E-state index contributed by atoms with van der Waals surface area (Å²) in [4.78, 5) is 32.8. The van der Waals surface area contributed by atoms with Gasteiger partial charge in [-0.05, 0) is 30.9 Å². The van der Waals surface area contributed by atoms with E-state index in [2.05, 4.69) is 10.2 Å². The van der Waals surface area contributed by atoms with E-state index in [4.69, 9.17) is 9.72 Å². The van der Waals surface area contributed by atoms with Crippen LogP contribution in [-0.2, 0) is 9.53 Å². The molecular weight excluding hydrogens is 348 g/mol. The SMILES string of the molecule is CC(=O)N1c2ccc(N3CCOCC3)nc2[C@H](NC(=O)O)[C@@H](C)[C@H]1C1CC1. The van der Waals surface area contributed by atoms with Crippen molar-refractivity contribution in [2.75, 3.05) is 36.1 Å². The van der Waals surface area contributed by atoms with Gasteiger partial charge in [0.15, 0.2) is 0 Å². The standard InChI is InChI=1S/C19H26N4O4/c1-11-16(21-19(25)26)17-14(23(12(2)24)18(11)13-3-4-13)5-6-15(20-17)22-7-9-27-10-8-22/h5-6,11,13,16,18,21H,3-4,7-10H2,1-2H3,(H,25,26)/t11-,16-,18+/m1/s1. The van der Waals surface area contributed by atoms with E-state index in [1.54, 1.807) is 6.92 Å². The van der Waals surface area contributed by atoms with Crippen LogP contribution in [0.15, 0.2) is 12.1 Å². The van der Waals surface area contributed by atoms with Gasteiger partial charge in [0.2, 0.25) is 5.91 Å². The third-order valence-corrected chi connectivity index (χ3v) is 5.86. The molecule has 0 aromatic carbocycles. The molecule has 3 aliphatic rings. The van der Waals surface area contributed by atoms with Crippen LogP contribution in [0.1, 0.15) is 38.4 Å². The number of ether oxygens (including phenoxy) is 1. The molecule has 0 spiro atoms. The molecule has 0 unspecified atom stereocenters. The van der Waals surface area contributed by atoms with Crippen molar-refractivity contribution in [1.82, 2.24) is 10.3 Å². The second-order valence-electron chi connectivity index (χ2n) is 7.68. The summed E-state index contributed by atoms with van der Waals surface area (Å²) in [6, 6.07) is 3.42. The van der Waals surface area contributed by atoms with Crippen molar-refractivity contribution < 1.29 is 19.4 Å². The first-order valence-electron chi connectivity index (χ1n) is 9.60. The number of pyridine rings is 1. The molecule has 1 saturated carbocycles. The number of hydrogen-bond acceptors (Lipinski definition) is 5. The fourth-order valence-electron chi connectivity index (χ4n) is 4.49. The van der Waals surface area contributed by atoms with E-state index >= 15 is 0 Å². The van der Waals surface area contributed by atoms with Gasteiger partial charge in [0, 0.05) is 32.0 Å². The third-order valence-electron chi connectivity index (χ3n) is 5.86. The zero-order valence-electron chi connectivity index (χ0n) is 15.7. The van der Waals surface area contributed by atoms with Gasteiger partial charge in [0.25, 0.3) is 0 Å². The van der Waals surface area contributed by atoms with Crippen LogP contribution in [0.5, 0.6) is 0 Å². The molecule has 27 heavy (non-hydrogen) atoms. The molecule has 2 aliphatic heterocycles. The Morgan fingerprint density at radius 2 is 1.96 bits per heavy atom. The highest BCUT2D eigenvalue weighted by Crippen LogP contribution is 2.48. The Labute approximate surface area is 158 Å². The minimum absolute atomic E-state index is 0.00267. The quantitative estimate of drug-likeness (QED) is 0.840. The molecule has 8 heteroatoms. The molecule has 0 bridgehead atoms. The number of aromatic nitrogens is 1. The van der Waals surface area contributed by atoms with Crippen LogP contribution >= 0.6 is 0 Å². The first-order chi connectivity index (χ1) is 13.0. The molecule has 2 fully saturated rings. The maximum absolute atomic E-state index is 12.5. The number of amides is 2. The Morgan fingerprint density at radius 3 is 2.56 bits per heavy atom. The summed E-state index contributed by atoms with van der Waals surface area (Å²) < 4.78 is 5.41. The van der Waals surface area contributed by atoms with Crippen LogP contribution in [0.2, 0.25) is 0 Å². The van der Waals surface area contributed by atoms with Crippen LogP contribution < -0.4 is 15.1 Å². The molecule has 4 rings (SSSR count). The van der Waals surface area contributed by atoms with Crippen LogP contribution in [0.25, 0.3) is 0 Å².